The SMILES string of the molecule is O=C(Nc1cccc2c1OCO2)c1cccnc1C1CC1. The van der Waals surface area contributed by atoms with Crippen molar-refractivity contribution in [3.63, 3.8) is 0 Å². The first kappa shape index (κ1) is 12.2. The first-order valence-electron chi connectivity index (χ1n) is 6.98. The standard InChI is InChI=1S/C16H14N2O3/c19-16(11-3-2-8-17-14(11)10-6-7-10)18-12-4-1-5-13-15(12)21-9-20-13/h1-5,8,10H,6-7,9H2,(H,18,19). The van der Waals surface area contributed by atoms with Crippen LogP contribution in [0.5, 0.6) is 11.5 Å². The highest BCUT2D eigenvalue weighted by Crippen LogP contribution is 2.41. The molecule has 4 rings (SSSR count). The lowest BCUT2D eigenvalue weighted by Gasteiger charge is -2.10. The highest BCUT2D eigenvalue weighted by molar-refractivity contribution is 6.06. The number of fused-ring (bicyclic) bond motifs is 1. The van der Waals surface area contributed by atoms with Gasteiger partial charge < -0.3 is 14.8 Å². The largest absolute Gasteiger partial charge is 0.454 e. The third-order valence-corrected chi connectivity index (χ3v) is 3.69. The maximum absolute atomic E-state index is 12.5. The summed E-state index contributed by atoms with van der Waals surface area (Å²) in [6.45, 7) is 0.183. The molecule has 21 heavy (non-hydrogen) atoms. The summed E-state index contributed by atoms with van der Waals surface area (Å²) in [5.41, 5.74) is 2.15. The number of hydrogen-bond acceptors (Lipinski definition) is 4. The van der Waals surface area contributed by atoms with Crippen LogP contribution >= 0.6 is 0 Å². The molecular weight excluding hydrogens is 268 g/mol. The number of carbonyl (C=O) groups excluding carboxylic acids is 1. The van der Waals surface area contributed by atoms with Crippen molar-refractivity contribution in [2.75, 3.05) is 12.1 Å². The maximum atomic E-state index is 12.5. The normalized spacial score (nSPS) is 15.8. The van der Waals surface area contributed by atoms with Crippen LogP contribution in [0.3, 0.4) is 0 Å². The number of rotatable bonds is 3. The van der Waals surface area contributed by atoms with Gasteiger partial charge in [-0.05, 0) is 37.1 Å². The van der Waals surface area contributed by atoms with E-state index < -0.39 is 0 Å². The lowest BCUT2D eigenvalue weighted by atomic mass is 10.1. The second-order valence-electron chi connectivity index (χ2n) is 5.20. The van der Waals surface area contributed by atoms with Crippen molar-refractivity contribution in [3.8, 4) is 11.5 Å². The molecule has 1 N–H and O–H groups in total. The van der Waals surface area contributed by atoms with Gasteiger partial charge in [0, 0.05) is 12.1 Å². The van der Waals surface area contributed by atoms with Gasteiger partial charge in [-0.2, -0.15) is 0 Å². The van der Waals surface area contributed by atoms with Crippen LogP contribution in [0.1, 0.15) is 34.8 Å². The molecule has 5 heteroatoms. The molecule has 0 bridgehead atoms. The summed E-state index contributed by atoms with van der Waals surface area (Å²) in [7, 11) is 0. The van der Waals surface area contributed by atoms with Gasteiger partial charge in [0.1, 0.15) is 0 Å². The molecule has 2 heterocycles. The Bertz CT molecular complexity index is 710. The van der Waals surface area contributed by atoms with Crippen molar-refractivity contribution >= 4 is 11.6 Å². The Balaban J connectivity index is 1.63. The van der Waals surface area contributed by atoms with Gasteiger partial charge in [0.05, 0.1) is 16.9 Å². The van der Waals surface area contributed by atoms with Crippen LogP contribution in [0.2, 0.25) is 0 Å². The zero-order chi connectivity index (χ0) is 14.2. The molecule has 1 aliphatic carbocycles. The average molecular weight is 282 g/mol. The molecule has 2 aliphatic rings. The Morgan fingerprint density at radius 2 is 2.10 bits per heavy atom. The molecule has 0 radical (unpaired) electrons. The Labute approximate surface area is 121 Å². The number of anilines is 1. The van der Waals surface area contributed by atoms with E-state index in [0.29, 0.717) is 28.7 Å². The van der Waals surface area contributed by atoms with E-state index in [0.717, 1.165) is 18.5 Å². The second kappa shape index (κ2) is 4.77. The fraction of sp³-hybridized carbons (Fsp3) is 0.250. The first-order valence-corrected chi connectivity index (χ1v) is 6.98. The lowest BCUT2D eigenvalue weighted by molar-refractivity contribution is 0.102. The van der Waals surface area contributed by atoms with Crippen LogP contribution in [0, 0.1) is 0 Å². The molecule has 0 atom stereocenters. The van der Waals surface area contributed by atoms with Gasteiger partial charge in [0.25, 0.3) is 5.91 Å². The monoisotopic (exact) mass is 282 g/mol. The molecule has 1 amide bonds. The van der Waals surface area contributed by atoms with Crippen molar-refractivity contribution < 1.29 is 14.3 Å². The smallest absolute Gasteiger partial charge is 0.257 e. The minimum Gasteiger partial charge on any atom is -0.454 e. The highest BCUT2D eigenvalue weighted by atomic mass is 16.7. The number of aromatic nitrogens is 1. The Morgan fingerprint density at radius 3 is 2.95 bits per heavy atom. The molecular formula is C16H14N2O3. The minimum absolute atomic E-state index is 0.158. The third-order valence-electron chi connectivity index (χ3n) is 3.69. The predicted molar refractivity (Wildman–Crippen MR) is 76.7 cm³/mol. The first-order chi connectivity index (χ1) is 10.3. The van der Waals surface area contributed by atoms with E-state index in [-0.39, 0.29) is 12.7 Å². The zero-order valence-electron chi connectivity index (χ0n) is 11.3. The summed E-state index contributed by atoms with van der Waals surface area (Å²) < 4.78 is 10.7. The zero-order valence-corrected chi connectivity index (χ0v) is 11.3. The number of nitrogens with one attached hydrogen (secondary N) is 1. The lowest BCUT2D eigenvalue weighted by Crippen LogP contribution is -2.15. The molecule has 1 aromatic carbocycles. The molecule has 5 nitrogen and oxygen atoms in total. The van der Waals surface area contributed by atoms with E-state index in [1.807, 2.05) is 18.2 Å². The topological polar surface area (TPSA) is 60.5 Å². The van der Waals surface area contributed by atoms with Crippen molar-refractivity contribution in [1.82, 2.24) is 4.98 Å². The number of nitrogens with zero attached hydrogens (tertiary/aromatic N) is 1. The van der Waals surface area contributed by atoms with Gasteiger partial charge in [-0.3, -0.25) is 9.78 Å². The van der Waals surface area contributed by atoms with Crippen LogP contribution in [-0.4, -0.2) is 17.7 Å². The van der Waals surface area contributed by atoms with Crippen LogP contribution in [0.15, 0.2) is 36.5 Å². The number of benzene rings is 1. The van der Waals surface area contributed by atoms with E-state index in [1.54, 1.807) is 18.3 Å². The fourth-order valence-electron chi connectivity index (χ4n) is 2.51. The molecule has 1 aliphatic heterocycles. The van der Waals surface area contributed by atoms with Crippen LogP contribution in [-0.2, 0) is 0 Å². The maximum Gasteiger partial charge on any atom is 0.257 e. The summed E-state index contributed by atoms with van der Waals surface area (Å²) in [4.78, 5) is 16.9. The minimum atomic E-state index is -0.158. The highest BCUT2D eigenvalue weighted by Gasteiger charge is 2.29. The summed E-state index contributed by atoms with van der Waals surface area (Å²) in [6, 6.07) is 9.05. The molecule has 0 spiro atoms. The van der Waals surface area contributed by atoms with E-state index in [9.17, 15) is 4.79 Å². The van der Waals surface area contributed by atoms with E-state index >= 15 is 0 Å². The van der Waals surface area contributed by atoms with Crippen LogP contribution < -0.4 is 14.8 Å². The molecule has 1 aromatic heterocycles. The molecule has 1 saturated carbocycles. The summed E-state index contributed by atoms with van der Waals surface area (Å²) in [5.74, 6) is 1.51. The van der Waals surface area contributed by atoms with Crippen molar-refractivity contribution in [1.29, 1.82) is 0 Å². The summed E-state index contributed by atoms with van der Waals surface area (Å²) >= 11 is 0. The molecule has 0 unspecified atom stereocenters. The Hall–Kier alpha value is -2.56. The average Bonchev–Trinajstić information content (AvgIpc) is 3.25. The number of hydrogen-bond donors (Lipinski definition) is 1. The molecule has 106 valence electrons. The second-order valence-corrected chi connectivity index (χ2v) is 5.20. The van der Waals surface area contributed by atoms with Gasteiger partial charge in [0.2, 0.25) is 6.79 Å². The fourth-order valence-corrected chi connectivity index (χ4v) is 2.51. The van der Waals surface area contributed by atoms with E-state index in [4.69, 9.17) is 9.47 Å². The van der Waals surface area contributed by atoms with Crippen molar-refractivity contribution in [2.24, 2.45) is 0 Å². The summed E-state index contributed by atoms with van der Waals surface area (Å²) in [6.07, 6.45) is 3.95. The van der Waals surface area contributed by atoms with Gasteiger partial charge in [-0.15, -0.1) is 0 Å². The van der Waals surface area contributed by atoms with Gasteiger partial charge in [0.15, 0.2) is 11.5 Å². The third kappa shape index (κ3) is 2.20. The molecule has 0 saturated heterocycles. The van der Waals surface area contributed by atoms with Crippen molar-refractivity contribution in [2.45, 2.75) is 18.8 Å². The Kier molecular flexibility index (Phi) is 2.77. The number of ether oxygens (including phenoxy) is 2. The quantitative estimate of drug-likeness (QED) is 0.940. The van der Waals surface area contributed by atoms with Gasteiger partial charge in [-0.25, -0.2) is 0 Å². The van der Waals surface area contributed by atoms with Crippen molar-refractivity contribution in [3.05, 3.63) is 47.8 Å². The number of amides is 1. The van der Waals surface area contributed by atoms with Crippen LogP contribution in [0.25, 0.3) is 0 Å². The van der Waals surface area contributed by atoms with Gasteiger partial charge in [-0.1, -0.05) is 6.07 Å². The number of carbonyl (C=O) groups is 1. The summed E-state index contributed by atoms with van der Waals surface area (Å²) in [5, 5.41) is 2.90. The number of pyridine rings is 1. The van der Waals surface area contributed by atoms with Gasteiger partial charge >= 0.3 is 0 Å². The van der Waals surface area contributed by atoms with E-state index in [1.165, 1.54) is 0 Å². The molecule has 2 aromatic rings. The van der Waals surface area contributed by atoms with E-state index in [2.05, 4.69) is 10.3 Å². The predicted octanol–water partition coefficient (Wildman–Crippen LogP) is 2.94. The van der Waals surface area contributed by atoms with Crippen LogP contribution in [0.4, 0.5) is 5.69 Å². The number of para-hydroxylation sites is 1. The Morgan fingerprint density at radius 1 is 1.19 bits per heavy atom. The molecule has 1 fully saturated rings.